The molecule has 1 heteroatoms. The lowest BCUT2D eigenvalue weighted by Crippen LogP contribution is -2.15. The molecule has 0 amide bonds. The zero-order valence-corrected chi connectivity index (χ0v) is 14.1. The number of nitrogens with two attached hydrogens (primary N) is 1. The van der Waals surface area contributed by atoms with Crippen LogP contribution in [0.2, 0.25) is 0 Å². The van der Waals surface area contributed by atoms with Crippen molar-refractivity contribution in [1.82, 2.24) is 0 Å². The quantitative estimate of drug-likeness (QED) is 0.555. The number of anilines is 1. The fourth-order valence-corrected chi connectivity index (χ4v) is 3.71. The van der Waals surface area contributed by atoms with Gasteiger partial charge in [0.15, 0.2) is 0 Å². The molecule has 0 saturated carbocycles. The first kappa shape index (κ1) is 15.1. The summed E-state index contributed by atoms with van der Waals surface area (Å²) in [6, 6.07) is 13.4. The van der Waals surface area contributed by atoms with Crippen LogP contribution < -0.4 is 5.73 Å². The van der Waals surface area contributed by atoms with E-state index in [9.17, 15) is 0 Å². The van der Waals surface area contributed by atoms with E-state index in [1.807, 2.05) is 6.07 Å². The molecule has 1 aliphatic carbocycles. The van der Waals surface area contributed by atoms with Gasteiger partial charge in [-0.05, 0) is 52.8 Å². The fraction of sp³-hybridized carbons (Fsp3) is 0.429. The molecule has 0 heterocycles. The van der Waals surface area contributed by atoms with Crippen LogP contribution in [-0.4, -0.2) is 0 Å². The number of hydrogen-bond acceptors (Lipinski definition) is 1. The molecule has 1 aliphatic rings. The molecular formula is C21H27N. The Balaban J connectivity index is 1.91. The Labute approximate surface area is 134 Å². The summed E-state index contributed by atoms with van der Waals surface area (Å²) >= 11 is 0. The van der Waals surface area contributed by atoms with Crippen molar-refractivity contribution in [3.63, 3.8) is 0 Å². The number of hydrogen-bond donors (Lipinski definition) is 1. The summed E-state index contributed by atoms with van der Waals surface area (Å²) in [5.41, 5.74) is 14.0. The van der Waals surface area contributed by atoms with Gasteiger partial charge in [-0.15, -0.1) is 0 Å². The molecule has 0 aliphatic heterocycles. The zero-order chi connectivity index (χ0) is 15.7. The Morgan fingerprint density at radius 3 is 2.27 bits per heavy atom. The summed E-state index contributed by atoms with van der Waals surface area (Å²) < 4.78 is 0. The first-order chi connectivity index (χ1) is 10.5. The number of nitrogen functional groups attached to an aromatic ring is 1. The van der Waals surface area contributed by atoms with Crippen LogP contribution in [0, 0.1) is 0 Å². The number of rotatable bonds is 5. The summed E-state index contributed by atoms with van der Waals surface area (Å²) in [7, 11) is 0. The molecule has 2 aromatic rings. The highest BCUT2D eigenvalue weighted by Crippen LogP contribution is 2.49. The van der Waals surface area contributed by atoms with E-state index in [0.29, 0.717) is 0 Å². The van der Waals surface area contributed by atoms with Crippen LogP contribution in [0.4, 0.5) is 5.69 Å². The Hall–Kier alpha value is -1.76. The van der Waals surface area contributed by atoms with E-state index in [0.717, 1.165) is 5.69 Å². The van der Waals surface area contributed by atoms with Crippen LogP contribution in [0.5, 0.6) is 0 Å². The normalized spacial score (nSPS) is 14.7. The van der Waals surface area contributed by atoms with Crippen molar-refractivity contribution in [2.45, 2.75) is 58.3 Å². The summed E-state index contributed by atoms with van der Waals surface area (Å²) in [4.78, 5) is 0. The standard InChI is InChI=1S/C21H27N/c1-4-5-6-7-8-15-9-11-17-18-12-10-16(22)14-20(18)21(2,3)19(17)13-15/h9-14H,4-8,22H2,1-3H3. The minimum atomic E-state index is 0.0550. The van der Waals surface area contributed by atoms with Gasteiger partial charge in [-0.25, -0.2) is 0 Å². The molecule has 0 unspecified atom stereocenters. The summed E-state index contributed by atoms with van der Waals surface area (Å²) in [5.74, 6) is 0. The van der Waals surface area contributed by atoms with Crippen LogP contribution >= 0.6 is 0 Å². The van der Waals surface area contributed by atoms with Gasteiger partial charge in [-0.1, -0.05) is 64.3 Å². The smallest absolute Gasteiger partial charge is 0.0317 e. The summed E-state index contributed by atoms with van der Waals surface area (Å²) in [6.07, 6.45) is 6.48. The minimum absolute atomic E-state index is 0.0550. The predicted molar refractivity (Wildman–Crippen MR) is 96.3 cm³/mol. The van der Waals surface area contributed by atoms with Gasteiger partial charge in [0.2, 0.25) is 0 Å². The molecular weight excluding hydrogens is 266 g/mol. The largest absolute Gasteiger partial charge is 0.399 e. The Kier molecular flexibility index (Phi) is 3.99. The van der Waals surface area contributed by atoms with Gasteiger partial charge in [-0.3, -0.25) is 0 Å². The maximum Gasteiger partial charge on any atom is 0.0317 e. The van der Waals surface area contributed by atoms with Gasteiger partial charge in [0.05, 0.1) is 0 Å². The van der Waals surface area contributed by atoms with Crippen molar-refractivity contribution in [1.29, 1.82) is 0 Å². The first-order valence-electron chi connectivity index (χ1n) is 8.58. The average molecular weight is 293 g/mol. The highest BCUT2D eigenvalue weighted by Gasteiger charge is 2.35. The molecule has 3 rings (SSSR count). The topological polar surface area (TPSA) is 26.0 Å². The Morgan fingerprint density at radius 1 is 0.864 bits per heavy atom. The van der Waals surface area contributed by atoms with Crippen LogP contribution in [0.3, 0.4) is 0 Å². The average Bonchev–Trinajstić information content (AvgIpc) is 2.72. The van der Waals surface area contributed by atoms with Gasteiger partial charge in [0, 0.05) is 11.1 Å². The summed E-state index contributed by atoms with van der Waals surface area (Å²) in [5, 5.41) is 0. The summed E-state index contributed by atoms with van der Waals surface area (Å²) in [6.45, 7) is 6.90. The van der Waals surface area contributed by atoms with Crippen LogP contribution in [0.1, 0.15) is 63.1 Å². The number of unbranched alkanes of at least 4 members (excludes halogenated alkanes) is 3. The van der Waals surface area contributed by atoms with Gasteiger partial charge in [-0.2, -0.15) is 0 Å². The zero-order valence-electron chi connectivity index (χ0n) is 14.1. The number of benzene rings is 2. The van der Waals surface area contributed by atoms with Crippen molar-refractivity contribution in [2.24, 2.45) is 0 Å². The monoisotopic (exact) mass is 293 g/mol. The molecule has 116 valence electrons. The van der Waals surface area contributed by atoms with Gasteiger partial charge >= 0.3 is 0 Å². The lowest BCUT2D eigenvalue weighted by Gasteiger charge is -2.22. The molecule has 0 spiro atoms. The third-order valence-corrected chi connectivity index (χ3v) is 5.08. The van der Waals surface area contributed by atoms with Crippen molar-refractivity contribution in [2.75, 3.05) is 5.73 Å². The molecule has 0 bridgehead atoms. The van der Waals surface area contributed by atoms with E-state index in [1.54, 1.807) is 0 Å². The van der Waals surface area contributed by atoms with Crippen LogP contribution in [-0.2, 0) is 11.8 Å². The number of fused-ring (bicyclic) bond motifs is 3. The molecule has 0 aromatic heterocycles. The lowest BCUT2D eigenvalue weighted by molar-refractivity contribution is 0.652. The maximum atomic E-state index is 6.01. The molecule has 0 fully saturated rings. The third kappa shape index (κ3) is 2.54. The van der Waals surface area contributed by atoms with E-state index in [2.05, 4.69) is 51.1 Å². The third-order valence-electron chi connectivity index (χ3n) is 5.08. The lowest BCUT2D eigenvalue weighted by atomic mass is 9.81. The Morgan fingerprint density at radius 2 is 1.55 bits per heavy atom. The van der Waals surface area contributed by atoms with Gasteiger partial charge < -0.3 is 5.73 Å². The molecule has 22 heavy (non-hydrogen) atoms. The van der Waals surface area contributed by atoms with E-state index < -0.39 is 0 Å². The highest BCUT2D eigenvalue weighted by molar-refractivity contribution is 5.82. The maximum absolute atomic E-state index is 6.01. The fourth-order valence-electron chi connectivity index (χ4n) is 3.71. The predicted octanol–water partition coefficient (Wildman–Crippen LogP) is 5.70. The van der Waals surface area contributed by atoms with Crippen LogP contribution in [0.25, 0.3) is 11.1 Å². The van der Waals surface area contributed by atoms with Crippen molar-refractivity contribution < 1.29 is 0 Å². The molecule has 0 atom stereocenters. The van der Waals surface area contributed by atoms with Crippen molar-refractivity contribution >= 4 is 5.69 Å². The second-order valence-corrected chi connectivity index (χ2v) is 7.12. The first-order valence-corrected chi connectivity index (χ1v) is 8.58. The van der Waals surface area contributed by atoms with Crippen molar-refractivity contribution in [3.05, 3.63) is 53.1 Å². The second kappa shape index (κ2) is 5.79. The van der Waals surface area contributed by atoms with Crippen molar-refractivity contribution in [3.8, 4) is 11.1 Å². The van der Waals surface area contributed by atoms with E-state index >= 15 is 0 Å². The van der Waals surface area contributed by atoms with E-state index in [1.165, 1.54) is 59.9 Å². The molecule has 2 N–H and O–H groups in total. The van der Waals surface area contributed by atoms with E-state index in [4.69, 9.17) is 5.73 Å². The van der Waals surface area contributed by atoms with Gasteiger partial charge in [0.1, 0.15) is 0 Å². The van der Waals surface area contributed by atoms with Gasteiger partial charge in [0.25, 0.3) is 0 Å². The number of aryl methyl sites for hydroxylation is 1. The molecule has 0 radical (unpaired) electrons. The molecule has 1 nitrogen and oxygen atoms in total. The second-order valence-electron chi connectivity index (χ2n) is 7.12. The van der Waals surface area contributed by atoms with E-state index in [-0.39, 0.29) is 5.41 Å². The highest BCUT2D eigenvalue weighted by atomic mass is 14.5. The minimum Gasteiger partial charge on any atom is -0.399 e. The SMILES string of the molecule is CCCCCCc1ccc2c(c1)C(C)(C)c1cc(N)ccc1-2. The Bertz CT molecular complexity index is 682. The van der Waals surface area contributed by atoms with Crippen LogP contribution in [0.15, 0.2) is 36.4 Å². The molecule has 2 aromatic carbocycles. The molecule has 0 saturated heterocycles.